The second kappa shape index (κ2) is 7.25. The normalized spacial score (nSPS) is 15.0. The number of hydrogen-bond donors (Lipinski definition) is 0. The Morgan fingerprint density at radius 3 is 2.21 bits per heavy atom. The van der Waals surface area contributed by atoms with E-state index in [0.717, 1.165) is 5.57 Å². The zero-order valence-corrected chi connectivity index (χ0v) is 8.80. The van der Waals surface area contributed by atoms with Gasteiger partial charge < -0.3 is 0 Å². The molecule has 0 radical (unpaired) electrons. The summed E-state index contributed by atoms with van der Waals surface area (Å²) in [7, 11) is 0. The molecule has 0 atom stereocenters. The third kappa shape index (κ3) is 5.46. The van der Waals surface area contributed by atoms with Crippen molar-refractivity contribution in [3.63, 3.8) is 0 Å². The largest absolute Gasteiger partial charge is 0.263 e. The Bertz CT molecular complexity index is 268. The first-order valence-corrected chi connectivity index (χ1v) is 4.53. The van der Waals surface area contributed by atoms with E-state index in [1.165, 1.54) is 12.2 Å². The van der Waals surface area contributed by atoms with E-state index in [1.54, 1.807) is 13.0 Å². The lowest BCUT2D eigenvalue weighted by molar-refractivity contribution is 0.194. The van der Waals surface area contributed by atoms with Gasteiger partial charge in [-0.2, -0.15) is 0 Å². The SMILES string of the molecule is C\C=C/C=C(C)/C=C\C(=C/C)C(F)F. The van der Waals surface area contributed by atoms with Crippen LogP contribution in [0.3, 0.4) is 0 Å². The molecule has 0 rings (SSSR count). The number of halogens is 2. The summed E-state index contributed by atoms with van der Waals surface area (Å²) < 4.78 is 24.5. The molecule has 0 saturated heterocycles. The first-order valence-electron chi connectivity index (χ1n) is 4.53. The van der Waals surface area contributed by atoms with Gasteiger partial charge in [-0.05, 0) is 20.8 Å². The van der Waals surface area contributed by atoms with E-state index in [-0.39, 0.29) is 5.57 Å². The van der Waals surface area contributed by atoms with Gasteiger partial charge in [0.2, 0.25) is 0 Å². The van der Waals surface area contributed by atoms with Crippen LogP contribution in [0.1, 0.15) is 20.8 Å². The van der Waals surface area contributed by atoms with E-state index < -0.39 is 6.43 Å². The minimum absolute atomic E-state index is 0.0539. The van der Waals surface area contributed by atoms with Crippen molar-refractivity contribution >= 4 is 0 Å². The highest BCUT2D eigenvalue weighted by atomic mass is 19.3. The average molecular weight is 198 g/mol. The fourth-order valence-corrected chi connectivity index (χ4v) is 0.826. The lowest BCUT2D eigenvalue weighted by atomic mass is 10.2. The summed E-state index contributed by atoms with van der Waals surface area (Å²) in [6.45, 7) is 5.39. The molecule has 0 saturated carbocycles. The summed E-state index contributed by atoms with van der Waals surface area (Å²) in [4.78, 5) is 0. The smallest absolute Gasteiger partial charge is 0.205 e. The molecular formula is C12H16F2. The Hall–Kier alpha value is -1.18. The molecule has 0 heterocycles. The van der Waals surface area contributed by atoms with Crippen molar-refractivity contribution in [1.29, 1.82) is 0 Å². The highest BCUT2D eigenvalue weighted by Gasteiger charge is 2.04. The Balaban J connectivity index is 4.43. The Kier molecular flexibility index (Phi) is 6.63. The van der Waals surface area contributed by atoms with E-state index in [9.17, 15) is 8.78 Å². The van der Waals surface area contributed by atoms with Gasteiger partial charge in [0.1, 0.15) is 0 Å². The first kappa shape index (κ1) is 12.8. The van der Waals surface area contributed by atoms with Gasteiger partial charge in [-0.1, -0.05) is 42.0 Å². The van der Waals surface area contributed by atoms with Crippen LogP contribution in [-0.4, -0.2) is 6.43 Å². The minimum Gasteiger partial charge on any atom is -0.205 e. The van der Waals surface area contributed by atoms with E-state index >= 15 is 0 Å². The second-order valence-electron chi connectivity index (χ2n) is 2.86. The van der Waals surface area contributed by atoms with Gasteiger partial charge >= 0.3 is 0 Å². The molecule has 0 aromatic rings. The first-order chi connectivity index (χ1) is 6.61. The molecule has 0 bridgehead atoms. The Morgan fingerprint density at radius 2 is 1.79 bits per heavy atom. The molecule has 0 aliphatic heterocycles. The van der Waals surface area contributed by atoms with E-state index in [2.05, 4.69) is 0 Å². The summed E-state index contributed by atoms with van der Waals surface area (Å²) in [6, 6.07) is 0. The zero-order chi connectivity index (χ0) is 11.0. The van der Waals surface area contributed by atoms with Crippen molar-refractivity contribution in [2.45, 2.75) is 27.2 Å². The fourth-order valence-electron chi connectivity index (χ4n) is 0.826. The van der Waals surface area contributed by atoms with E-state index in [0.29, 0.717) is 0 Å². The maximum absolute atomic E-state index is 12.2. The molecule has 0 nitrogen and oxygen atoms in total. The van der Waals surface area contributed by atoms with Crippen molar-refractivity contribution in [1.82, 2.24) is 0 Å². The van der Waals surface area contributed by atoms with Gasteiger partial charge in [0.05, 0.1) is 0 Å². The third-order valence-corrected chi connectivity index (χ3v) is 1.68. The fraction of sp³-hybridized carbons (Fsp3) is 0.333. The molecule has 0 spiro atoms. The molecule has 0 aliphatic rings. The summed E-state index contributed by atoms with van der Waals surface area (Å²) in [5, 5.41) is 0. The molecule has 2 heteroatoms. The van der Waals surface area contributed by atoms with Crippen LogP contribution in [0.15, 0.2) is 47.6 Å². The lowest BCUT2D eigenvalue weighted by Crippen LogP contribution is -1.92. The van der Waals surface area contributed by atoms with Gasteiger partial charge in [-0.3, -0.25) is 0 Å². The van der Waals surface area contributed by atoms with E-state index in [4.69, 9.17) is 0 Å². The number of allylic oxidation sites excluding steroid dienone is 8. The average Bonchev–Trinajstić information content (AvgIpc) is 2.15. The van der Waals surface area contributed by atoms with Crippen LogP contribution < -0.4 is 0 Å². The van der Waals surface area contributed by atoms with Crippen LogP contribution in [0.2, 0.25) is 0 Å². The van der Waals surface area contributed by atoms with Crippen LogP contribution in [0.4, 0.5) is 8.78 Å². The van der Waals surface area contributed by atoms with Crippen molar-refractivity contribution in [3.8, 4) is 0 Å². The highest BCUT2D eigenvalue weighted by molar-refractivity contribution is 5.29. The predicted octanol–water partition coefficient (Wildman–Crippen LogP) is 4.28. The summed E-state index contributed by atoms with van der Waals surface area (Å²) >= 11 is 0. The topological polar surface area (TPSA) is 0 Å². The molecule has 14 heavy (non-hydrogen) atoms. The van der Waals surface area contributed by atoms with Gasteiger partial charge in [-0.15, -0.1) is 0 Å². The van der Waals surface area contributed by atoms with Gasteiger partial charge in [0.15, 0.2) is 0 Å². The zero-order valence-electron chi connectivity index (χ0n) is 8.80. The minimum atomic E-state index is -2.40. The molecule has 78 valence electrons. The molecule has 0 aliphatic carbocycles. The van der Waals surface area contributed by atoms with Crippen LogP contribution in [0.5, 0.6) is 0 Å². The van der Waals surface area contributed by atoms with Crippen molar-refractivity contribution in [3.05, 3.63) is 47.6 Å². The van der Waals surface area contributed by atoms with Crippen LogP contribution in [0.25, 0.3) is 0 Å². The summed E-state index contributed by atoms with van der Waals surface area (Å²) in [6.07, 6.45) is 7.78. The van der Waals surface area contributed by atoms with Gasteiger partial charge in [0.25, 0.3) is 6.43 Å². The maximum atomic E-state index is 12.2. The van der Waals surface area contributed by atoms with Gasteiger partial charge in [0, 0.05) is 5.57 Å². The maximum Gasteiger partial charge on any atom is 0.263 e. The quantitative estimate of drug-likeness (QED) is 0.591. The van der Waals surface area contributed by atoms with Crippen molar-refractivity contribution < 1.29 is 8.78 Å². The highest BCUT2D eigenvalue weighted by Crippen LogP contribution is 2.11. The second-order valence-corrected chi connectivity index (χ2v) is 2.86. The van der Waals surface area contributed by atoms with Gasteiger partial charge in [-0.25, -0.2) is 8.78 Å². The molecule has 0 unspecified atom stereocenters. The third-order valence-electron chi connectivity index (χ3n) is 1.68. The number of rotatable bonds is 4. The molecule has 0 aromatic heterocycles. The number of alkyl halides is 2. The molecule has 0 amide bonds. The van der Waals surface area contributed by atoms with E-state index in [1.807, 2.05) is 32.1 Å². The Labute approximate surface area is 84.3 Å². The molecule has 0 fully saturated rings. The lowest BCUT2D eigenvalue weighted by Gasteiger charge is -1.97. The molecule has 0 N–H and O–H groups in total. The summed E-state index contributed by atoms with van der Waals surface area (Å²) in [5.74, 6) is 0. The summed E-state index contributed by atoms with van der Waals surface area (Å²) in [5.41, 5.74) is 1.00. The predicted molar refractivity (Wildman–Crippen MR) is 57.5 cm³/mol. The van der Waals surface area contributed by atoms with Crippen molar-refractivity contribution in [2.75, 3.05) is 0 Å². The Morgan fingerprint density at radius 1 is 1.14 bits per heavy atom. The monoisotopic (exact) mass is 198 g/mol. The number of hydrogen-bond acceptors (Lipinski definition) is 0. The van der Waals surface area contributed by atoms with Crippen LogP contribution >= 0.6 is 0 Å². The van der Waals surface area contributed by atoms with Crippen LogP contribution in [0, 0.1) is 0 Å². The van der Waals surface area contributed by atoms with Crippen LogP contribution in [-0.2, 0) is 0 Å². The standard InChI is InChI=1S/C12H16F2/c1-4-6-7-10(3)8-9-11(5-2)12(13)14/h4-9,12H,1-3H3/b6-4-,9-8-,10-7+,11-5+. The molecule has 0 aromatic carbocycles. The molecular weight excluding hydrogens is 182 g/mol. The van der Waals surface area contributed by atoms with Crippen molar-refractivity contribution in [2.24, 2.45) is 0 Å².